The number of nitrogens with one attached hydrogen (secondary N) is 1. The molecule has 0 unspecified atom stereocenters. The highest BCUT2D eigenvalue weighted by Crippen LogP contribution is 2.23. The predicted molar refractivity (Wildman–Crippen MR) is 83.7 cm³/mol. The fourth-order valence-corrected chi connectivity index (χ4v) is 2.76. The molecule has 0 aliphatic heterocycles. The van der Waals surface area contributed by atoms with E-state index < -0.39 is 9.05 Å². The van der Waals surface area contributed by atoms with E-state index in [1.165, 1.54) is 30.8 Å². The molecule has 4 nitrogen and oxygen atoms in total. The van der Waals surface area contributed by atoms with E-state index in [4.69, 9.17) is 10.7 Å². The number of hydrogen-bond acceptors (Lipinski definition) is 4. The quantitative estimate of drug-likeness (QED) is 0.841. The summed E-state index contributed by atoms with van der Waals surface area (Å²) in [5.41, 5.74) is 1.78. The second-order valence-electron chi connectivity index (χ2n) is 3.99. The Balaban J connectivity index is 2.80. The van der Waals surface area contributed by atoms with Crippen LogP contribution >= 0.6 is 22.4 Å². The van der Waals surface area contributed by atoms with Crippen molar-refractivity contribution in [1.82, 2.24) is 5.32 Å². The van der Waals surface area contributed by atoms with Crippen molar-refractivity contribution in [3.63, 3.8) is 0 Å². The zero-order chi connectivity index (χ0) is 15.3. The Morgan fingerprint density at radius 2 is 1.85 bits per heavy atom. The normalized spacial score (nSPS) is 12.1. The predicted octanol–water partition coefficient (Wildman–Crippen LogP) is 3.32. The molecule has 108 valence electrons. The Labute approximate surface area is 127 Å². The first-order chi connectivity index (χ1) is 9.20. The molecule has 7 heteroatoms. The van der Waals surface area contributed by atoms with Gasteiger partial charge in [0.15, 0.2) is 0 Å². The van der Waals surface area contributed by atoms with E-state index in [1.54, 1.807) is 12.1 Å². The van der Waals surface area contributed by atoms with E-state index in [1.807, 2.05) is 12.3 Å². The van der Waals surface area contributed by atoms with Gasteiger partial charge in [0.2, 0.25) is 5.91 Å². The van der Waals surface area contributed by atoms with Crippen LogP contribution in [0.1, 0.15) is 19.4 Å². The Hall–Kier alpha value is -1.24. The molecule has 0 aliphatic carbocycles. The fraction of sp³-hybridized carbons (Fsp3) is 0.154. The fourth-order valence-electron chi connectivity index (χ4n) is 1.33. The summed E-state index contributed by atoms with van der Waals surface area (Å²) >= 11 is 1.28. The lowest BCUT2D eigenvalue weighted by Gasteiger charge is -2.05. The molecule has 0 aliphatic rings. The summed E-state index contributed by atoms with van der Waals surface area (Å²) in [6, 6.07) is 6.23. The highest BCUT2D eigenvalue weighted by Gasteiger charge is 2.09. The van der Waals surface area contributed by atoms with Gasteiger partial charge in [-0.3, -0.25) is 4.79 Å². The first-order valence-electron chi connectivity index (χ1n) is 5.55. The Kier molecular flexibility index (Phi) is 5.86. The van der Waals surface area contributed by atoms with E-state index >= 15 is 0 Å². The molecular formula is C13H14ClNO3S2. The molecule has 0 heterocycles. The number of allylic oxidation sites excluding steroid dienone is 1. The molecule has 0 atom stereocenters. The average molecular weight is 332 g/mol. The molecule has 0 saturated heterocycles. The summed E-state index contributed by atoms with van der Waals surface area (Å²) in [6.07, 6.45) is 0. The number of halogens is 1. The van der Waals surface area contributed by atoms with Gasteiger partial charge in [-0.1, -0.05) is 30.5 Å². The second kappa shape index (κ2) is 6.97. The molecular weight excluding hydrogens is 318 g/mol. The van der Waals surface area contributed by atoms with Gasteiger partial charge in [0, 0.05) is 17.6 Å². The van der Waals surface area contributed by atoms with Crippen LogP contribution in [0.15, 0.2) is 46.2 Å². The Morgan fingerprint density at radius 1 is 1.30 bits per heavy atom. The summed E-state index contributed by atoms with van der Waals surface area (Å²) in [4.78, 5) is 10.9. The lowest BCUT2D eigenvalue weighted by Crippen LogP contribution is -2.15. The van der Waals surface area contributed by atoms with Crippen LogP contribution in [-0.4, -0.2) is 14.3 Å². The van der Waals surface area contributed by atoms with Gasteiger partial charge in [-0.25, -0.2) is 8.42 Å². The van der Waals surface area contributed by atoms with Gasteiger partial charge in [0.25, 0.3) is 9.05 Å². The summed E-state index contributed by atoms with van der Waals surface area (Å²) in [6.45, 7) is 6.98. The molecule has 0 spiro atoms. The zero-order valence-corrected chi connectivity index (χ0v) is 13.4. The van der Waals surface area contributed by atoms with Crippen LogP contribution in [0, 0.1) is 0 Å². The van der Waals surface area contributed by atoms with E-state index in [0.717, 1.165) is 11.1 Å². The molecule has 0 saturated carbocycles. The first-order valence-corrected chi connectivity index (χ1v) is 8.74. The number of rotatable bonds is 5. The second-order valence-corrected chi connectivity index (χ2v) is 7.52. The third-order valence-corrected chi connectivity index (χ3v) is 4.51. The highest BCUT2D eigenvalue weighted by molar-refractivity contribution is 8.13. The van der Waals surface area contributed by atoms with Crippen LogP contribution in [0.4, 0.5) is 0 Å². The van der Waals surface area contributed by atoms with Gasteiger partial charge >= 0.3 is 0 Å². The maximum atomic E-state index is 11.1. The summed E-state index contributed by atoms with van der Waals surface area (Å²) in [5.74, 6) is -0.176. The minimum absolute atomic E-state index is 0.0611. The van der Waals surface area contributed by atoms with E-state index in [0.29, 0.717) is 5.03 Å². The van der Waals surface area contributed by atoms with Gasteiger partial charge in [-0.2, -0.15) is 0 Å². The molecule has 1 amide bonds. The van der Waals surface area contributed by atoms with Crippen LogP contribution in [0.2, 0.25) is 0 Å². The maximum absolute atomic E-state index is 11.1. The van der Waals surface area contributed by atoms with Crippen LogP contribution in [0.5, 0.6) is 0 Å². The topological polar surface area (TPSA) is 63.2 Å². The molecule has 0 radical (unpaired) electrons. The molecule has 1 N–H and O–H groups in total. The van der Waals surface area contributed by atoms with Crippen molar-refractivity contribution >= 4 is 43.0 Å². The van der Waals surface area contributed by atoms with Crippen LogP contribution < -0.4 is 5.32 Å². The monoisotopic (exact) mass is 331 g/mol. The number of thioether (sulfide) groups is 1. The average Bonchev–Trinajstić information content (AvgIpc) is 2.34. The largest absolute Gasteiger partial charge is 0.321 e. The Bertz CT molecular complexity index is 649. The number of benzene rings is 1. The maximum Gasteiger partial charge on any atom is 0.261 e. The lowest BCUT2D eigenvalue weighted by atomic mass is 10.1. The first kappa shape index (κ1) is 16.8. The minimum Gasteiger partial charge on any atom is -0.321 e. The molecule has 0 bridgehead atoms. The zero-order valence-electron chi connectivity index (χ0n) is 11.0. The molecule has 20 heavy (non-hydrogen) atoms. The summed E-state index contributed by atoms with van der Waals surface area (Å²) < 4.78 is 22.3. The van der Waals surface area contributed by atoms with E-state index in [9.17, 15) is 13.2 Å². The number of hydrogen-bond donors (Lipinski definition) is 1. The summed E-state index contributed by atoms with van der Waals surface area (Å²) in [7, 11) is 1.54. The number of amides is 1. The van der Waals surface area contributed by atoms with Crippen molar-refractivity contribution in [3.05, 3.63) is 46.8 Å². The van der Waals surface area contributed by atoms with Gasteiger partial charge < -0.3 is 5.32 Å². The van der Waals surface area contributed by atoms with Gasteiger partial charge in [-0.05, 0) is 35.6 Å². The van der Waals surface area contributed by atoms with Crippen molar-refractivity contribution in [2.75, 3.05) is 0 Å². The molecule has 1 rings (SSSR count). The molecule has 1 aromatic carbocycles. The standard InChI is InChI=1S/C13H14ClNO3S2/c1-9(8-19-11(3)15-10(2)16)12-4-6-13(7-5-12)20(14,17)18/h4-8H,3H2,1-2H3,(H,15,16)/b9-8+. The molecule has 1 aromatic rings. The van der Waals surface area contributed by atoms with Crippen molar-refractivity contribution in [3.8, 4) is 0 Å². The van der Waals surface area contributed by atoms with Gasteiger partial charge in [0.1, 0.15) is 0 Å². The molecule has 0 aromatic heterocycles. The van der Waals surface area contributed by atoms with Crippen molar-refractivity contribution in [1.29, 1.82) is 0 Å². The van der Waals surface area contributed by atoms with Crippen molar-refractivity contribution in [2.24, 2.45) is 0 Å². The van der Waals surface area contributed by atoms with E-state index in [2.05, 4.69) is 11.9 Å². The third kappa shape index (κ3) is 5.40. The number of carbonyl (C=O) groups excluding carboxylic acids is 1. The van der Waals surface area contributed by atoms with Crippen LogP contribution in [-0.2, 0) is 13.8 Å². The third-order valence-electron chi connectivity index (χ3n) is 2.28. The minimum atomic E-state index is -3.70. The van der Waals surface area contributed by atoms with E-state index in [-0.39, 0.29) is 10.8 Å². The van der Waals surface area contributed by atoms with Crippen LogP contribution in [0.3, 0.4) is 0 Å². The van der Waals surface area contributed by atoms with Crippen molar-refractivity contribution in [2.45, 2.75) is 18.7 Å². The number of carbonyl (C=O) groups is 1. The van der Waals surface area contributed by atoms with Crippen LogP contribution in [0.25, 0.3) is 5.57 Å². The van der Waals surface area contributed by atoms with Crippen molar-refractivity contribution < 1.29 is 13.2 Å². The lowest BCUT2D eigenvalue weighted by molar-refractivity contribution is -0.118. The smallest absolute Gasteiger partial charge is 0.261 e. The highest BCUT2D eigenvalue weighted by atomic mass is 35.7. The summed E-state index contributed by atoms with van der Waals surface area (Å²) in [5, 5.41) is 4.91. The Morgan fingerprint density at radius 3 is 2.30 bits per heavy atom. The van der Waals surface area contributed by atoms with Gasteiger partial charge in [0.05, 0.1) is 9.92 Å². The SMILES string of the molecule is C=C(NC(C)=O)S/C=C(\C)c1ccc(S(=O)(=O)Cl)cc1. The molecule has 0 fully saturated rings. The van der Waals surface area contributed by atoms with Gasteiger partial charge in [-0.15, -0.1) is 0 Å².